The summed E-state index contributed by atoms with van der Waals surface area (Å²) in [6.45, 7) is 0.823. The van der Waals surface area contributed by atoms with Gasteiger partial charge in [0.1, 0.15) is 0 Å². The molecule has 2 rings (SSSR count). The number of hydrogen-bond donors (Lipinski definition) is 1. The lowest BCUT2D eigenvalue weighted by Crippen LogP contribution is -2.09. The van der Waals surface area contributed by atoms with E-state index in [0.29, 0.717) is 11.8 Å². The number of carboxylic acids is 1. The van der Waals surface area contributed by atoms with E-state index in [1.807, 2.05) is 4.57 Å². The van der Waals surface area contributed by atoms with Gasteiger partial charge in [-0.3, -0.25) is 4.79 Å². The van der Waals surface area contributed by atoms with Crippen LogP contribution in [0.2, 0.25) is 0 Å². The van der Waals surface area contributed by atoms with Crippen molar-refractivity contribution < 1.29 is 14.7 Å². The lowest BCUT2D eigenvalue weighted by molar-refractivity contribution is 0.0694. The van der Waals surface area contributed by atoms with Crippen LogP contribution in [0.1, 0.15) is 39.3 Å². The molecule has 1 aromatic heterocycles. The number of carboxylic acid groups (broad SMARTS) is 1. The van der Waals surface area contributed by atoms with Gasteiger partial charge in [0.05, 0.1) is 5.56 Å². The molecular weight excluding hydrogens is 182 g/mol. The van der Waals surface area contributed by atoms with E-state index < -0.39 is 5.97 Å². The summed E-state index contributed by atoms with van der Waals surface area (Å²) in [7, 11) is 0. The molecule has 0 bridgehead atoms. The number of aryl methyl sites for hydroxylation is 1. The minimum absolute atomic E-state index is 0.136. The first-order valence-corrected chi connectivity index (χ1v) is 4.64. The quantitative estimate of drug-likeness (QED) is 0.721. The van der Waals surface area contributed by atoms with Crippen molar-refractivity contribution in [3.8, 4) is 0 Å². The van der Waals surface area contributed by atoms with E-state index in [2.05, 4.69) is 0 Å². The van der Waals surface area contributed by atoms with Gasteiger partial charge in [-0.2, -0.15) is 0 Å². The number of fused-ring (bicyclic) bond motifs is 1. The van der Waals surface area contributed by atoms with Crippen LogP contribution in [0.5, 0.6) is 0 Å². The normalized spacial score (nSPS) is 14.9. The van der Waals surface area contributed by atoms with Crippen molar-refractivity contribution in [3.63, 3.8) is 0 Å². The minimum Gasteiger partial charge on any atom is -0.478 e. The molecule has 14 heavy (non-hydrogen) atoms. The Morgan fingerprint density at radius 3 is 2.93 bits per heavy atom. The summed E-state index contributed by atoms with van der Waals surface area (Å²) < 4.78 is 1.89. The monoisotopic (exact) mass is 193 g/mol. The number of nitrogens with zero attached hydrogens (tertiary/aromatic N) is 1. The Morgan fingerprint density at radius 2 is 2.29 bits per heavy atom. The molecule has 74 valence electrons. The highest BCUT2D eigenvalue weighted by Crippen LogP contribution is 2.22. The van der Waals surface area contributed by atoms with Gasteiger partial charge in [0.25, 0.3) is 0 Å². The molecule has 4 nitrogen and oxygen atoms in total. The van der Waals surface area contributed by atoms with Crippen molar-refractivity contribution >= 4 is 12.3 Å². The number of carbonyl (C=O) groups is 2. The molecule has 4 heteroatoms. The van der Waals surface area contributed by atoms with E-state index in [9.17, 15) is 9.59 Å². The molecule has 1 N–H and O–H groups in total. The van der Waals surface area contributed by atoms with Crippen molar-refractivity contribution in [2.24, 2.45) is 0 Å². The maximum absolute atomic E-state index is 10.8. The van der Waals surface area contributed by atoms with Gasteiger partial charge in [0.2, 0.25) is 0 Å². The molecule has 0 saturated carbocycles. The topological polar surface area (TPSA) is 59.3 Å². The zero-order valence-corrected chi connectivity index (χ0v) is 7.69. The van der Waals surface area contributed by atoms with Crippen molar-refractivity contribution in [1.82, 2.24) is 4.57 Å². The first-order chi connectivity index (χ1) is 6.74. The zero-order valence-electron chi connectivity index (χ0n) is 7.69. The van der Waals surface area contributed by atoms with Gasteiger partial charge in [-0.25, -0.2) is 4.79 Å². The third kappa shape index (κ3) is 1.23. The molecule has 1 aliphatic heterocycles. The Bertz CT molecular complexity index is 392. The fourth-order valence-electron chi connectivity index (χ4n) is 1.97. The summed E-state index contributed by atoms with van der Waals surface area (Å²) in [5, 5.41) is 8.87. The molecule has 0 unspecified atom stereocenters. The molecule has 0 spiro atoms. The van der Waals surface area contributed by atoms with Gasteiger partial charge < -0.3 is 9.67 Å². The molecule has 1 aromatic rings. The Hall–Kier alpha value is -1.58. The van der Waals surface area contributed by atoms with Crippen molar-refractivity contribution in [2.45, 2.75) is 25.8 Å². The molecule has 0 radical (unpaired) electrons. The maximum Gasteiger partial charge on any atom is 0.337 e. The van der Waals surface area contributed by atoms with Crippen LogP contribution in [0.25, 0.3) is 0 Å². The maximum atomic E-state index is 10.8. The van der Waals surface area contributed by atoms with Gasteiger partial charge in [0.15, 0.2) is 6.29 Å². The summed E-state index contributed by atoms with van der Waals surface area (Å²) in [5.41, 5.74) is 1.37. The molecule has 0 aromatic carbocycles. The second kappa shape index (κ2) is 3.29. The van der Waals surface area contributed by atoms with E-state index >= 15 is 0 Å². The van der Waals surface area contributed by atoms with E-state index in [-0.39, 0.29) is 5.56 Å². The van der Waals surface area contributed by atoms with Crippen LogP contribution in [-0.2, 0) is 13.0 Å². The van der Waals surface area contributed by atoms with Gasteiger partial charge in [-0.1, -0.05) is 0 Å². The predicted octanol–water partition coefficient (Wildman–Crippen LogP) is 1.34. The number of aromatic nitrogens is 1. The predicted molar refractivity (Wildman–Crippen MR) is 49.7 cm³/mol. The smallest absolute Gasteiger partial charge is 0.337 e. The van der Waals surface area contributed by atoms with Crippen molar-refractivity contribution in [1.29, 1.82) is 0 Å². The second-order valence-corrected chi connectivity index (χ2v) is 3.48. The SMILES string of the molecule is O=Cc1c(C(=O)O)cn2c1CCCC2. The summed E-state index contributed by atoms with van der Waals surface area (Å²) in [5.74, 6) is -1.02. The fraction of sp³-hybridized carbons (Fsp3) is 0.400. The average Bonchev–Trinajstić information content (AvgIpc) is 2.56. The van der Waals surface area contributed by atoms with Crippen LogP contribution < -0.4 is 0 Å². The Balaban J connectivity index is 2.57. The summed E-state index contributed by atoms with van der Waals surface area (Å²) in [6.07, 6.45) is 5.12. The second-order valence-electron chi connectivity index (χ2n) is 3.48. The third-order valence-corrected chi connectivity index (χ3v) is 2.64. The van der Waals surface area contributed by atoms with Crippen LogP contribution in [0.3, 0.4) is 0 Å². The summed E-state index contributed by atoms with van der Waals surface area (Å²) >= 11 is 0. The molecular formula is C10H11NO3. The number of carbonyl (C=O) groups excluding carboxylic acids is 1. The fourth-order valence-corrected chi connectivity index (χ4v) is 1.97. The lowest BCUT2D eigenvalue weighted by Gasteiger charge is -2.14. The molecule has 0 fully saturated rings. The summed E-state index contributed by atoms with van der Waals surface area (Å²) in [4.78, 5) is 21.6. The molecule has 0 atom stereocenters. The van der Waals surface area contributed by atoms with Crippen LogP contribution in [-0.4, -0.2) is 21.9 Å². The largest absolute Gasteiger partial charge is 0.478 e. The Kier molecular flexibility index (Phi) is 2.11. The van der Waals surface area contributed by atoms with Crippen LogP contribution >= 0.6 is 0 Å². The highest BCUT2D eigenvalue weighted by molar-refractivity contribution is 5.98. The van der Waals surface area contributed by atoms with Gasteiger partial charge in [-0.05, 0) is 19.3 Å². The Morgan fingerprint density at radius 1 is 1.50 bits per heavy atom. The first kappa shape index (κ1) is 8.99. The molecule has 0 amide bonds. The van der Waals surface area contributed by atoms with E-state index in [0.717, 1.165) is 31.5 Å². The number of hydrogen-bond acceptors (Lipinski definition) is 2. The van der Waals surface area contributed by atoms with Gasteiger partial charge in [-0.15, -0.1) is 0 Å². The van der Waals surface area contributed by atoms with Crippen LogP contribution in [0.15, 0.2) is 6.20 Å². The lowest BCUT2D eigenvalue weighted by atomic mass is 10.1. The zero-order chi connectivity index (χ0) is 10.1. The molecule has 0 aliphatic carbocycles. The third-order valence-electron chi connectivity index (χ3n) is 2.64. The average molecular weight is 193 g/mol. The van der Waals surface area contributed by atoms with Crippen molar-refractivity contribution in [3.05, 3.63) is 23.0 Å². The van der Waals surface area contributed by atoms with Gasteiger partial charge >= 0.3 is 5.97 Å². The first-order valence-electron chi connectivity index (χ1n) is 4.64. The van der Waals surface area contributed by atoms with E-state index in [1.165, 1.54) is 0 Å². The van der Waals surface area contributed by atoms with E-state index in [1.54, 1.807) is 6.20 Å². The minimum atomic E-state index is -1.02. The number of aromatic carboxylic acids is 1. The van der Waals surface area contributed by atoms with Crippen LogP contribution in [0, 0.1) is 0 Å². The van der Waals surface area contributed by atoms with Gasteiger partial charge in [0, 0.05) is 24.0 Å². The van der Waals surface area contributed by atoms with Crippen molar-refractivity contribution in [2.75, 3.05) is 0 Å². The molecule has 0 saturated heterocycles. The summed E-state index contributed by atoms with van der Waals surface area (Å²) in [6, 6.07) is 0. The van der Waals surface area contributed by atoms with Crippen LogP contribution in [0.4, 0.5) is 0 Å². The molecule has 2 heterocycles. The molecule has 1 aliphatic rings. The highest BCUT2D eigenvalue weighted by Gasteiger charge is 2.21. The Labute approximate surface area is 81.2 Å². The van der Waals surface area contributed by atoms with E-state index in [4.69, 9.17) is 5.11 Å². The number of rotatable bonds is 2. The standard InChI is InChI=1S/C10H11NO3/c12-6-8-7(10(13)14)5-11-4-2-1-3-9(8)11/h5-6H,1-4H2,(H,13,14). The number of aldehydes is 1. The highest BCUT2D eigenvalue weighted by atomic mass is 16.4.